The maximum atomic E-state index is 12.9. The lowest BCUT2D eigenvalue weighted by molar-refractivity contribution is -0.140. The predicted octanol–water partition coefficient (Wildman–Crippen LogP) is 3.12. The molecule has 0 aliphatic carbocycles. The molecule has 0 aromatic heterocycles. The molecule has 1 amide bonds. The second-order valence-corrected chi connectivity index (χ2v) is 7.08. The van der Waals surface area contributed by atoms with Crippen molar-refractivity contribution in [3.8, 4) is 0 Å². The number of aliphatic carboxylic acids is 1. The van der Waals surface area contributed by atoms with Crippen LogP contribution in [0.15, 0.2) is 60.7 Å². The van der Waals surface area contributed by atoms with E-state index in [4.69, 9.17) is 21.4 Å². The first-order valence-electron chi connectivity index (χ1n) is 9.40. The lowest BCUT2D eigenvalue weighted by Gasteiger charge is -2.23. The Bertz CT molecular complexity index is 1090. The molecular formula is C22H22ClN3O5. The fraction of sp³-hybridized carbons (Fsp3) is 0.182. The number of para-hydroxylation sites is 1. The van der Waals surface area contributed by atoms with Crippen LogP contribution in [0.5, 0.6) is 0 Å². The van der Waals surface area contributed by atoms with Crippen molar-refractivity contribution in [1.29, 1.82) is 0 Å². The van der Waals surface area contributed by atoms with Crippen LogP contribution in [0, 0.1) is 0 Å². The summed E-state index contributed by atoms with van der Waals surface area (Å²) in [5.41, 5.74) is 1.23. The van der Waals surface area contributed by atoms with Gasteiger partial charge in [0.2, 0.25) is 6.35 Å². The van der Waals surface area contributed by atoms with Gasteiger partial charge in [-0.05, 0) is 35.0 Å². The predicted molar refractivity (Wildman–Crippen MR) is 119 cm³/mol. The number of hydrogen-bond acceptors (Lipinski definition) is 6. The van der Waals surface area contributed by atoms with E-state index in [0.717, 1.165) is 10.8 Å². The number of rotatable bonds is 9. The lowest BCUT2D eigenvalue weighted by atomic mass is 10.0. The van der Waals surface area contributed by atoms with Gasteiger partial charge >= 0.3 is 5.97 Å². The van der Waals surface area contributed by atoms with Crippen molar-refractivity contribution in [2.45, 2.75) is 12.4 Å². The minimum atomic E-state index is -1.42. The van der Waals surface area contributed by atoms with Gasteiger partial charge in [-0.3, -0.25) is 4.79 Å². The van der Waals surface area contributed by atoms with Crippen molar-refractivity contribution in [3.63, 3.8) is 0 Å². The number of benzene rings is 3. The van der Waals surface area contributed by atoms with Crippen LogP contribution >= 0.6 is 11.6 Å². The Hall–Kier alpha value is -3.33. The molecule has 3 aromatic rings. The molecule has 0 spiro atoms. The summed E-state index contributed by atoms with van der Waals surface area (Å²) >= 11 is 6.20. The van der Waals surface area contributed by atoms with E-state index in [9.17, 15) is 14.7 Å². The highest BCUT2D eigenvalue weighted by molar-refractivity contribution is 6.33. The van der Waals surface area contributed by atoms with Gasteiger partial charge < -0.3 is 30.9 Å². The molecule has 162 valence electrons. The first kappa shape index (κ1) is 22.4. The minimum Gasteiger partial charge on any atom is -0.480 e. The third-order valence-corrected chi connectivity index (χ3v) is 4.93. The molecule has 31 heavy (non-hydrogen) atoms. The Kier molecular flexibility index (Phi) is 7.30. The van der Waals surface area contributed by atoms with Crippen LogP contribution in [0.4, 0.5) is 11.4 Å². The average molecular weight is 444 g/mol. The molecule has 0 aliphatic heterocycles. The zero-order chi connectivity index (χ0) is 22.4. The van der Waals surface area contributed by atoms with E-state index >= 15 is 0 Å². The number of aliphatic hydroxyl groups excluding tert-OH is 1. The van der Waals surface area contributed by atoms with E-state index < -0.39 is 30.9 Å². The lowest BCUT2D eigenvalue weighted by Crippen LogP contribution is -2.43. The largest absolute Gasteiger partial charge is 0.480 e. The molecule has 1 unspecified atom stereocenters. The van der Waals surface area contributed by atoms with E-state index in [1.165, 1.54) is 7.11 Å². The summed E-state index contributed by atoms with van der Waals surface area (Å²) in [5.74, 6) is -1.98. The van der Waals surface area contributed by atoms with Crippen molar-refractivity contribution in [2.75, 3.05) is 24.4 Å². The highest BCUT2D eigenvalue weighted by atomic mass is 35.5. The molecule has 0 saturated heterocycles. The van der Waals surface area contributed by atoms with Crippen molar-refractivity contribution in [3.05, 3.63) is 71.2 Å². The summed E-state index contributed by atoms with van der Waals surface area (Å²) < 4.78 is 5.45. The van der Waals surface area contributed by atoms with Crippen LogP contribution in [0.1, 0.15) is 10.4 Å². The summed E-state index contributed by atoms with van der Waals surface area (Å²) in [4.78, 5) is 24.1. The fourth-order valence-electron chi connectivity index (χ4n) is 2.98. The summed E-state index contributed by atoms with van der Waals surface area (Å²) in [6.45, 7) is -0.730. The Morgan fingerprint density at radius 2 is 1.61 bits per heavy atom. The summed E-state index contributed by atoms with van der Waals surface area (Å²) in [7, 11) is 1.48. The van der Waals surface area contributed by atoms with Gasteiger partial charge in [0.1, 0.15) is 0 Å². The second-order valence-electron chi connectivity index (χ2n) is 6.68. The van der Waals surface area contributed by atoms with Gasteiger partial charge in [0.05, 0.1) is 28.6 Å². The SMILES string of the molecule is COC(Nc1ccccc1Cl)Nc1cc2ccccc2cc1C(=O)N[C@@H](CO)C(=O)O. The Morgan fingerprint density at radius 3 is 2.23 bits per heavy atom. The van der Waals surface area contributed by atoms with Crippen LogP contribution < -0.4 is 16.0 Å². The summed E-state index contributed by atoms with van der Waals surface area (Å²) in [5, 5.41) is 29.1. The topological polar surface area (TPSA) is 120 Å². The van der Waals surface area contributed by atoms with Gasteiger partial charge in [-0.15, -0.1) is 0 Å². The van der Waals surface area contributed by atoms with Gasteiger partial charge in [0.15, 0.2) is 6.04 Å². The van der Waals surface area contributed by atoms with E-state index in [0.29, 0.717) is 16.4 Å². The van der Waals surface area contributed by atoms with Crippen LogP contribution in [0.25, 0.3) is 10.8 Å². The van der Waals surface area contributed by atoms with Gasteiger partial charge in [0.25, 0.3) is 5.91 Å². The van der Waals surface area contributed by atoms with E-state index in [1.807, 2.05) is 30.3 Å². The number of carboxylic acid groups (broad SMARTS) is 1. The number of ether oxygens (including phenoxy) is 1. The number of anilines is 2. The zero-order valence-electron chi connectivity index (χ0n) is 16.6. The number of carboxylic acids is 1. The third-order valence-electron chi connectivity index (χ3n) is 4.60. The fourth-order valence-corrected chi connectivity index (χ4v) is 3.17. The van der Waals surface area contributed by atoms with Gasteiger partial charge in [-0.1, -0.05) is 48.0 Å². The van der Waals surface area contributed by atoms with Crippen molar-refractivity contribution < 1.29 is 24.5 Å². The standard InChI is InChI=1S/C22H22ClN3O5/c1-31-22(25-17-9-5-4-8-16(17)23)26-18-11-14-7-3-2-6-13(14)10-15(18)20(28)24-19(12-27)21(29)30/h2-11,19,22,25-27H,12H2,1H3,(H,24,28)(H,29,30)/t19-,22?/m0/s1. The number of carbonyl (C=O) groups is 2. The second kappa shape index (κ2) is 10.1. The third kappa shape index (κ3) is 5.43. The number of hydrogen-bond donors (Lipinski definition) is 5. The van der Waals surface area contributed by atoms with Crippen LogP contribution in [-0.4, -0.2) is 48.2 Å². The normalized spacial score (nSPS) is 12.7. The van der Waals surface area contributed by atoms with Gasteiger partial charge in [0, 0.05) is 7.11 Å². The number of aliphatic hydroxyl groups is 1. The molecule has 3 rings (SSSR count). The highest BCUT2D eigenvalue weighted by Crippen LogP contribution is 2.27. The molecule has 0 saturated carbocycles. The van der Waals surface area contributed by atoms with Gasteiger partial charge in [-0.2, -0.15) is 0 Å². The van der Waals surface area contributed by atoms with Crippen LogP contribution in [-0.2, 0) is 9.53 Å². The van der Waals surface area contributed by atoms with Crippen molar-refractivity contribution >= 4 is 45.6 Å². The number of nitrogens with one attached hydrogen (secondary N) is 3. The monoisotopic (exact) mass is 443 g/mol. The molecule has 8 nitrogen and oxygen atoms in total. The zero-order valence-corrected chi connectivity index (χ0v) is 17.4. The van der Waals surface area contributed by atoms with Crippen molar-refractivity contribution in [1.82, 2.24) is 5.32 Å². The molecule has 2 atom stereocenters. The number of halogens is 1. The molecule has 3 aromatic carbocycles. The molecule has 5 N–H and O–H groups in total. The molecule has 9 heteroatoms. The highest BCUT2D eigenvalue weighted by Gasteiger charge is 2.22. The maximum Gasteiger partial charge on any atom is 0.328 e. The van der Waals surface area contributed by atoms with Gasteiger partial charge in [-0.25, -0.2) is 4.79 Å². The van der Waals surface area contributed by atoms with Crippen LogP contribution in [0.2, 0.25) is 5.02 Å². The van der Waals surface area contributed by atoms with E-state index in [2.05, 4.69) is 16.0 Å². The van der Waals surface area contributed by atoms with Crippen LogP contribution in [0.3, 0.4) is 0 Å². The number of amides is 1. The summed E-state index contributed by atoms with van der Waals surface area (Å²) in [6.07, 6.45) is -0.749. The first-order chi connectivity index (χ1) is 14.9. The summed E-state index contributed by atoms with van der Waals surface area (Å²) in [6, 6.07) is 16.5. The Balaban J connectivity index is 1.95. The molecule has 0 fully saturated rings. The quantitative estimate of drug-likeness (QED) is 0.322. The Labute approximate surface area is 183 Å². The number of methoxy groups -OCH3 is 1. The smallest absolute Gasteiger partial charge is 0.328 e. The maximum absolute atomic E-state index is 12.9. The van der Waals surface area contributed by atoms with E-state index in [1.54, 1.807) is 30.3 Å². The molecule has 0 bridgehead atoms. The first-order valence-corrected chi connectivity index (χ1v) is 9.78. The molecule has 0 aliphatic rings. The van der Waals surface area contributed by atoms with E-state index in [-0.39, 0.29) is 5.56 Å². The molecular weight excluding hydrogens is 422 g/mol. The Morgan fingerprint density at radius 1 is 1.00 bits per heavy atom. The minimum absolute atomic E-state index is 0.196. The average Bonchev–Trinajstić information content (AvgIpc) is 2.77. The molecule has 0 heterocycles. The number of fused-ring (bicyclic) bond motifs is 1. The molecule has 0 radical (unpaired) electrons. The number of carbonyl (C=O) groups excluding carboxylic acids is 1. The van der Waals surface area contributed by atoms with Crippen molar-refractivity contribution in [2.24, 2.45) is 0 Å².